The summed E-state index contributed by atoms with van der Waals surface area (Å²) in [5.74, 6) is 3.16. The molecule has 1 aromatic carbocycles. The van der Waals surface area contributed by atoms with Crippen LogP contribution in [-0.2, 0) is 6.42 Å². The molecule has 0 aliphatic carbocycles. The molecule has 0 radical (unpaired) electrons. The van der Waals surface area contributed by atoms with E-state index in [0.29, 0.717) is 6.04 Å². The van der Waals surface area contributed by atoms with Gasteiger partial charge in [-0.25, -0.2) is 0 Å². The van der Waals surface area contributed by atoms with E-state index < -0.39 is 0 Å². The molecule has 0 spiro atoms. The SMILES string of the molecule is CC(C)N(C)C#CCc1ccccc1.Cl. The van der Waals surface area contributed by atoms with Gasteiger partial charge < -0.3 is 4.90 Å². The maximum absolute atomic E-state index is 3.16. The van der Waals surface area contributed by atoms with Gasteiger partial charge in [-0.1, -0.05) is 36.3 Å². The van der Waals surface area contributed by atoms with E-state index in [1.54, 1.807) is 0 Å². The summed E-state index contributed by atoms with van der Waals surface area (Å²) in [5, 5.41) is 0. The van der Waals surface area contributed by atoms with Crippen LogP contribution in [0.15, 0.2) is 30.3 Å². The normalized spacial score (nSPS) is 8.80. The van der Waals surface area contributed by atoms with Gasteiger partial charge in [-0.15, -0.1) is 12.4 Å². The highest BCUT2D eigenvalue weighted by molar-refractivity contribution is 5.85. The molecule has 0 unspecified atom stereocenters. The van der Waals surface area contributed by atoms with Crippen LogP contribution in [0, 0.1) is 12.0 Å². The quantitative estimate of drug-likeness (QED) is 0.551. The highest BCUT2D eigenvalue weighted by Gasteiger charge is 1.94. The van der Waals surface area contributed by atoms with Gasteiger partial charge in [0, 0.05) is 25.6 Å². The maximum atomic E-state index is 3.16. The molecule has 0 aliphatic rings. The van der Waals surface area contributed by atoms with Crippen LogP contribution in [0.4, 0.5) is 0 Å². The van der Waals surface area contributed by atoms with Gasteiger partial charge in [0.05, 0.1) is 0 Å². The molecule has 0 aliphatic heterocycles. The molecular weight excluding hydrogens is 206 g/mol. The molecule has 1 aromatic rings. The lowest BCUT2D eigenvalue weighted by Crippen LogP contribution is -2.20. The van der Waals surface area contributed by atoms with Gasteiger partial charge in [0.1, 0.15) is 0 Å². The number of hydrogen-bond acceptors (Lipinski definition) is 1. The van der Waals surface area contributed by atoms with Crippen LogP contribution < -0.4 is 0 Å². The molecule has 82 valence electrons. The van der Waals surface area contributed by atoms with Gasteiger partial charge in [-0.2, -0.15) is 0 Å². The van der Waals surface area contributed by atoms with Crippen molar-refractivity contribution in [1.82, 2.24) is 4.90 Å². The number of nitrogens with zero attached hydrogens (tertiary/aromatic N) is 1. The monoisotopic (exact) mass is 223 g/mol. The standard InChI is InChI=1S/C13H17N.ClH/c1-12(2)14(3)11-7-10-13-8-5-4-6-9-13;/h4-6,8-9,12H,10H2,1-3H3;1H. The van der Waals surface area contributed by atoms with Crippen molar-refractivity contribution in [2.24, 2.45) is 0 Å². The molecule has 2 heteroatoms. The minimum absolute atomic E-state index is 0. The summed E-state index contributed by atoms with van der Waals surface area (Å²) in [5.41, 5.74) is 1.28. The summed E-state index contributed by atoms with van der Waals surface area (Å²) in [6, 6.07) is 13.9. The molecule has 0 saturated heterocycles. The van der Waals surface area contributed by atoms with E-state index in [0.717, 1.165) is 6.42 Å². The van der Waals surface area contributed by atoms with Crippen molar-refractivity contribution < 1.29 is 0 Å². The Hall–Kier alpha value is -1.13. The highest BCUT2D eigenvalue weighted by atomic mass is 35.5. The predicted octanol–water partition coefficient (Wildman–Crippen LogP) is 2.95. The van der Waals surface area contributed by atoms with E-state index in [-0.39, 0.29) is 12.4 Å². The van der Waals surface area contributed by atoms with E-state index in [4.69, 9.17) is 0 Å². The number of rotatable bonds is 2. The molecule has 1 nitrogen and oxygen atoms in total. The first-order valence-electron chi connectivity index (χ1n) is 4.95. The van der Waals surface area contributed by atoms with Crippen molar-refractivity contribution in [3.05, 3.63) is 35.9 Å². The van der Waals surface area contributed by atoms with Crippen LogP contribution in [0.25, 0.3) is 0 Å². The Bertz CT molecular complexity index is 321. The molecule has 15 heavy (non-hydrogen) atoms. The van der Waals surface area contributed by atoms with Gasteiger partial charge in [-0.3, -0.25) is 0 Å². The zero-order valence-electron chi connectivity index (χ0n) is 9.53. The van der Waals surface area contributed by atoms with Crippen molar-refractivity contribution in [3.63, 3.8) is 0 Å². The van der Waals surface area contributed by atoms with Gasteiger partial charge in [0.15, 0.2) is 0 Å². The second-order valence-corrected chi connectivity index (χ2v) is 3.66. The number of hydrogen-bond donors (Lipinski definition) is 0. The molecule has 0 fully saturated rings. The molecule has 1 rings (SSSR count). The minimum atomic E-state index is 0. The summed E-state index contributed by atoms with van der Waals surface area (Å²) < 4.78 is 0. The zero-order chi connectivity index (χ0) is 10.4. The first kappa shape index (κ1) is 13.9. The van der Waals surface area contributed by atoms with Crippen molar-refractivity contribution in [2.75, 3.05) is 7.05 Å². The van der Waals surface area contributed by atoms with E-state index in [1.807, 2.05) is 30.1 Å². The van der Waals surface area contributed by atoms with E-state index in [1.165, 1.54) is 5.56 Å². The third-order valence-corrected chi connectivity index (χ3v) is 2.17. The predicted molar refractivity (Wildman–Crippen MR) is 68.1 cm³/mol. The van der Waals surface area contributed by atoms with E-state index in [2.05, 4.69) is 37.9 Å². The van der Waals surface area contributed by atoms with Crippen LogP contribution in [0.1, 0.15) is 19.4 Å². The minimum Gasteiger partial charge on any atom is -0.333 e. The lowest BCUT2D eigenvalue weighted by Gasteiger charge is -2.14. The molecule has 0 amide bonds. The number of halogens is 1. The maximum Gasteiger partial charge on any atom is 0.0358 e. The molecule has 0 heterocycles. The van der Waals surface area contributed by atoms with Gasteiger partial charge in [-0.05, 0) is 19.4 Å². The molecule has 0 atom stereocenters. The Morgan fingerprint density at radius 3 is 2.33 bits per heavy atom. The van der Waals surface area contributed by atoms with Gasteiger partial charge in [0.2, 0.25) is 0 Å². The van der Waals surface area contributed by atoms with Crippen molar-refractivity contribution in [1.29, 1.82) is 0 Å². The average molecular weight is 224 g/mol. The summed E-state index contributed by atoms with van der Waals surface area (Å²) in [6.45, 7) is 4.27. The first-order chi connectivity index (χ1) is 6.70. The first-order valence-corrected chi connectivity index (χ1v) is 4.95. The Labute approximate surface area is 98.9 Å². The van der Waals surface area contributed by atoms with Crippen LogP contribution in [0.3, 0.4) is 0 Å². The Balaban J connectivity index is 0.00000196. The van der Waals surface area contributed by atoms with Crippen LogP contribution in [0.2, 0.25) is 0 Å². The van der Waals surface area contributed by atoms with Crippen LogP contribution >= 0.6 is 12.4 Å². The Kier molecular flexibility index (Phi) is 6.66. The molecule has 0 aromatic heterocycles. The van der Waals surface area contributed by atoms with Crippen LogP contribution in [-0.4, -0.2) is 18.0 Å². The summed E-state index contributed by atoms with van der Waals surface area (Å²) in [6.07, 6.45) is 0.831. The molecular formula is C13H18ClN. The van der Waals surface area contributed by atoms with Crippen molar-refractivity contribution in [3.8, 4) is 12.0 Å². The zero-order valence-corrected chi connectivity index (χ0v) is 10.3. The lowest BCUT2D eigenvalue weighted by atomic mass is 10.2. The van der Waals surface area contributed by atoms with Crippen molar-refractivity contribution >= 4 is 12.4 Å². The Morgan fingerprint density at radius 1 is 1.20 bits per heavy atom. The Morgan fingerprint density at radius 2 is 1.80 bits per heavy atom. The van der Waals surface area contributed by atoms with E-state index >= 15 is 0 Å². The molecule has 0 N–H and O–H groups in total. The topological polar surface area (TPSA) is 3.24 Å². The highest BCUT2D eigenvalue weighted by Crippen LogP contribution is 1.98. The largest absolute Gasteiger partial charge is 0.333 e. The van der Waals surface area contributed by atoms with E-state index in [9.17, 15) is 0 Å². The molecule has 0 bridgehead atoms. The van der Waals surface area contributed by atoms with Gasteiger partial charge in [0.25, 0.3) is 0 Å². The fourth-order valence-corrected chi connectivity index (χ4v) is 0.991. The van der Waals surface area contributed by atoms with Crippen molar-refractivity contribution in [2.45, 2.75) is 26.3 Å². The second-order valence-electron chi connectivity index (χ2n) is 3.66. The fourth-order valence-electron chi connectivity index (χ4n) is 0.991. The lowest BCUT2D eigenvalue weighted by molar-refractivity contribution is 0.397. The van der Waals surface area contributed by atoms with Gasteiger partial charge >= 0.3 is 0 Å². The third-order valence-electron chi connectivity index (χ3n) is 2.17. The summed E-state index contributed by atoms with van der Waals surface area (Å²) in [7, 11) is 2.02. The smallest absolute Gasteiger partial charge is 0.0358 e. The summed E-state index contributed by atoms with van der Waals surface area (Å²) in [4.78, 5) is 2.03. The average Bonchev–Trinajstić information content (AvgIpc) is 2.19. The number of benzene rings is 1. The van der Waals surface area contributed by atoms with Crippen LogP contribution in [0.5, 0.6) is 0 Å². The molecule has 0 saturated carbocycles. The fraction of sp³-hybridized carbons (Fsp3) is 0.385. The summed E-state index contributed by atoms with van der Waals surface area (Å²) >= 11 is 0. The second kappa shape index (κ2) is 7.20. The third kappa shape index (κ3) is 5.34.